The number of anilines is 1. The lowest BCUT2D eigenvalue weighted by atomic mass is 10.2. The first-order valence-electron chi connectivity index (χ1n) is 9.39. The second-order valence-electron chi connectivity index (χ2n) is 7.05. The lowest BCUT2D eigenvalue weighted by Gasteiger charge is -2.26. The molecule has 0 bridgehead atoms. The van der Waals surface area contributed by atoms with Crippen LogP contribution in [0.3, 0.4) is 0 Å². The van der Waals surface area contributed by atoms with Gasteiger partial charge >= 0.3 is 0 Å². The van der Waals surface area contributed by atoms with Crippen LogP contribution in [0.15, 0.2) is 35.1 Å². The smallest absolute Gasteiger partial charge is 0.295 e. The van der Waals surface area contributed by atoms with E-state index in [0.29, 0.717) is 5.69 Å². The Kier molecular flexibility index (Phi) is 5.61. The second kappa shape index (κ2) is 7.91. The summed E-state index contributed by atoms with van der Waals surface area (Å²) in [5.74, 6) is -0.113. The molecule has 0 saturated carbocycles. The molecule has 0 aliphatic carbocycles. The molecule has 1 aromatic carbocycles. The van der Waals surface area contributed by atoms with Crippen LogP contribution in [-0.4, -0.2) is 39.3 Å². The van der Waals surface area contributed by atoms with Crippen molar-refractivity contribution in [1.82, 2.24) is 14.3 Å². The number of carbonyl (C=O) groups is 1. The molecule has 1 N–H and O–H groups in total. The van der Waals surface area contributed by atoms with E-state index in [1.165, 1.54) is 12.8 Å². The van der Waals surface area contributed by atoms with E-state index in [-0.39, 0.29) is 17.5 Å². The van der Waals surface area contributed by atoms with Crippen molar-refractivity contribution in [2.75, 3.05) is 18.4 Å². The van der Waals surface area contributed by atoms with E-state index in [0.717, 1.165) is 37.3 Å². The molecule has 6 nitrogen and oxygen atoms in total. The molecule has 6 heteroatoms. The molecule has 1 aromatic heterocycles. The minimum absolute atomic E-state index is 0.113. The first-order chi connectivity index (χ1) is 12.5. The number of benzene rings is 1. The first kappa shape index (κ1) is 18.5. The first-order valence-corrected chi connectivity index (χ1v) is 9.39. The zero-order chi connectivity index (χ0) is 18.7. The Labute approximate surface area is 154 Å². The topological polar surface area (TPSA) is 59.3 Å². The van der Waals surface area contributed by atoms with Gasteiger partial charge in [0.1, 0.15) is 5.69 Å². The molecule has 1 saturated heterocycles. The van der Waals surface area contributed by atoms with Crippen molar-refractivity contribution >= 4 is 11.6 Å². The fourth-order valence-electron chi connectivity index (χ4n) is 3.59. The van der Waals surface area contributed by atoms with Crippen LogP contribution in [-0.2, 0) is 11.8 Å². The monoisotopic (exact) mass is 356 g/mol. The molecule has 1 aliphatic rings. The van der Waals surface area contributed by atoms with Crippen LogP contribution in [0.4, 0.5) is 5.69 Å². The van der Waals surface area contributed by atoms with Crippen LogP contribution in [0.5, 0.6) is 0 Å². The highest BCUT2D eigenvalue weighted by Gasteiger charge is 2.25. The van der Waals surface area contributed by atoms with Crippen molar-refractivity contribution in [3.63, 3.8) is 0 Å². The quantitative estimate of drug-likeness (QED) is 0.916. The highest BCUT2D eigenvalue weighted by molar-refractivity contribution is 5.95. The summed E-state index contributed by atoms with van der Waals surface area (Å²) in [6.07, 6.45) is 4.71. The van der Waals surface area contributed by atoms with Crippen LogP contribution >= 0.6 is 0 Å². The second-order valence-corrected chi connectivity index (χ2v) is 7.05. The molecule has 0 spiro atoms. The molecule has 0 radical (unpaired) electrons. The molecule has 2 aromatic rings. The third-order valence-corrected chi connectivity index (χ3v) is 5.37. The molecule has 3 rings (SSSR count). The van der Waals surface area contributed by atoms with Gasteiger partial charge in [-0.25, -0.2) is 4.68 Å². The Morgan fingerprint density at radius 1 is 1.08 bits per heavy atom. The Balaban J connectivity index is 1.84. The van der Waals surface area contributed by atoms with Crippen molar-refractivity contribution in [3.05, 3.63) is 46.4 Å². The van der Waals surface area contributed by atoms with E-state index in [1.807, 2.05) is 51.2 Å². The Hall–Kier alpha value is -2.34. The Morgan fingerprint density at radius 2 is 1.69 bits per heavy atom. The van der Waals surface area contributed by atoms with Gasteiger partial charge in [-0.15, -0.1) is 0 Å². The summed E-state index contributed by atoms with van der Waals surface area (Å²) in [4.78, 5) is 27.9. The summed E-state index contributed by atoms with van der Waals surface area (Å²) in [5, 5.41) is 2.89. The number of nitrogens with one attached hydrogen (secondary N) is 1. The average Bonchev–Trinajstić information content (AvgIpc) is 2.86. The SMILES string of the molecule is Cc1c(NC(=O)[C@H](C)N2CCCCCC2)c(=O)n(-c2ccccc2)n1C. The van der Waals surface area contributed by atoms with Gasteiger partial charge < -0.3 is 5.32 Å². The fourth-order valence-corrected chi connectivity index (χ4v) is 3.59. The number of amides is 1. The largest absolute Gasteiger partial charge is 0.319 e. The fraction of sp³-hybridized carbons (Fsp3) is 0.500. The molecule has 0 unspecified atom stereocenters. The van der Waals surface area contributed by atoms with E-state index in [9.17, 15) is 9.59 Å². The standard InChI is InChI=1S/C20H28N4O2/c1-15-18(20(26)24(22(15)3)17-11-7-6-8-12-17)21-19(25)16(2)23-13-9-4-5-10-14-23/h6-8,11-12,16H,4-5,9-10,13-14H2,1-3H3,(H,21,25)/t16-/m0/s1. The molecule has 1 aliphatic heterocycles. The number of hydrogen-bond donors (Lipinski definition) is 1. The van der Waals surface area contributed by atoms with E-state index >= 15 is 0 Å². The van der Waals surface area contributed by atoms with Crippen LogP contribution in [0.1, 0.15) is 38.3 Å². The summed E-state index contributed by atoms with van der Waals surface area (Å²) in [7, 11) is 1.83. The molecule has 1 amide bonds. The molecule has 2 heterocycles. The maximum absolute atomic E-state index is 12.9. The van der Waals surface area contributed by atoms with Crippen LogP contribution in [0.25, 0.3) is 5.69 Å². The van der Waals surface area contributed by atoms with Crippen molar-refractivity contribution in [2.45, 2.75) is 45.6 Å². The van der Waals surface area contributed by atoms with Gasteiger partial charge in [0.25, 0.3) is 5.56 Å². The lowest BCUT2D eigenvalue weighted by Crippen LogP contribution is -2.43. The van der Waals surface area contributed by atoms with E-state index in [2.05, 4.69) is 10.2 Å². The Bertz CT molecular complexity index is 814. The van der Waals surface area contributed by atoms with Crippen LogP contribution in [0, 0.1) is 6.92 Å². The van der Waals surface area contributed by atoms with E-state index in [4.69, 9.17) is 0 Å². The average molecular weight is 356 g/mol. The van der Waals surface area contributed by atoms with Gasteiger partial charge in [0.15, 0.2) is 0 Å². The number of para-hydroxylation sites is 1. The van der Waals surface area contributed by atoms with Crippen molar-refractivity contribution < 1.29 is 4.79 Å². The molecule has 1 fully saturated rings. The predicted molar refractivity (Wildman–Crippen MR) is 104 cm³/mol. The highest BCUT2D eigenvalue weighted by atomic mass is 16.2. The maximum atomic E-state index is 12.9. The third kappa shape index (κ3) is 3.60. The zero-order valence-electron chi connectivity index (χ0n) is 15.9. The highest BCUT2D eigenvalue weighted by Crippen LogP contribution is 2.16. The minimum Gasteiger partial charge on any atom is -0.319 e. The van der Waals surface area contributed by atoms with Gasteiger partial charge in [0.05, 0.1) is 17.4 Å². The summed E-state index contributed by atoms with van der Waals surface area (Å²) in [6.45, 7) is 5.66. The molecule has 1 atom stereocenters. The minimum atomic E-state index is -0.239. The van der Waals surface area contributed by atoms with Crippen molar-refractivity contribution in [1.29, 1.82) is 0 Å². The number of carbonyl (C=O) groups excluding carboxylic acids is 1. The number of nitrogens with zero attached hydrogens (tertiary/aromatic N) is 3. The van der Waals surface area contributed by atoms with Crippen LogP contribution < -0.4 is 10.9 Å². The summed E-state index contributed by atoms with van der Waals surface area (Å²) >= 11 is 0. The van der Waals surface area contributed by atoms with Crippen molar-refractivity contribution in [3.8, 4) is 5.69 Å². The third-order valence-electron chi connectivity index (χ3n) is 5.37. The molecule has 26 heavy (non-hydrogen) atoms. The Morgan fingerprint density at radius 3 is 2.31 bits per heavy atom. The molecular formula is C20H28N4O2. The summed E-state index contributed by atoms with van der Waals surface area (Å²) < 4.78 is 3.37. The van der Waals surface area contributed by atoms with E-state index in [1.54, 1.807) is 9.36 Å². The number of aromatic nitrogens is 2. The van der Waals surface area contributed by atoms with Gasteiger partial charge in [0.2, 0.25) is 5.91 Å². The zero-order valence-corrected chi connectivity index (χ0v) is 15.9. The van der Waals surface area contributed by atoms with Gasteiger partial charge in [-0.05, 0) is 51.9 Å². The van der Waals surface area contributed by atoms with Gasteiger partial charge in [-0.3, -0.25) is 19.2 Å². The van der Waals surface area contributed by atoms with E-state index < -0.39 is 0 Å². The molecule has 140 valence electrons. The summed E-state index contributed by atoms with van der Waals surface area (Å²) in [6, 6.07) is 9.22. The molecular weight excluding hydrogens is 328 g/mol. The van der Waals surface area contributed by atoms with Gasteiger partial charge in [-0.2, -0.15) is 0 Å². The number of likely N-dealkylation sites (tertiary alicyclic amines) is 1. The van der Waals surface area contributed by atoms with Gasteiger partial charge in [-0.1, -0.05) is 31.0 Å². The normalized spacial score (nSPS) is 16.9. The lowest BCUT2D eigenvalue weighted by molar-refractivity contribution is -0.120. The maximum Gasteiger partial charge on any atom is 0.295 e. The van der Waals surface area contributed by atoms with Crippen molar-refractivity contribution in [2.24, 2.45) is 7.05 Å². The van der Waals surface area contributed by atoms with Gasteiger partial charge in [0, 0.05) is 7.05 Å². The number of hydrogen-bond acceptors (Lipinski definition) is 3. The van der Waals surface area contributed by atoms with Crippen LogP contribution in [0.2, 0.25) is 0 Å². The summed E-state index contributed by atoms with van der Waals surface area (Å²) in [5.41, 5.74) is 1.69. The number of rotatable bonds is 4. The predicted octanol–water partition coefficient (Wildman–Crippen LogP) is 2.69.